The molecule has 2 heterocycles. The van der Waals surface area contributed by atoms with Gasteiger partial charge in [-0.1, -0.05) is 25.1 Å². The van der Waals surface area contributed by atoms with Gasteiger partial charge < -0.3 is 14.1 Å². The fourth-order valence-electron chi connectivity index (χ4n) is 3.36. The van der Waals surface area contributed by atoms with E-state index in [2.05, 4.69) is 0 Å². The van der Waals surface area contributed by atoms with Crippen molar-refractivity contribution < 1.29 is 27.2 Å². The Balaban J connectivity index is 1.67. The second-order valence-corrected chi connectivity index (χ2v) is 9.07. The molecule has 3 rings (SSSR count). The van der Waals surface area contributed by atoms with Crippen molar-refractivity contribution in [1.29, 1.82) is 0 Å². The zero-order valence-corrected chi connectivity index (χ0v) is 16.2. The van der Waals surface area contributed by atoms with E-state index in [1.807, 2.05) is 26.0 Å². The van der Waals surface area contributed by atoms with Gasteiger partial charge in [-0.25, -0.2) is 13.2 Å². The quantitative estimate of drug-likeness (QED) is 0.700. The van der Waals surface area contributed by atoms with E-state index in [9.17, 15) is 18.0 Å². The van der Waals surface area contributed by atoms with E-state index in [0.29, 0.717) is 18.4 Å². The van der Waals surface area contributed by atoms with Crippen molar-refractivity contribution in [1.82, 2.24) is 4.90 Å². The molecular weight excluding hydrogens is 370 g/mol. The molecule has 2 atom stereocenters. The smallest absolute Gasteiger partial charge is 0.374 e. The molecule has 1 saturated heterocycles. The predicted molar refractivity (Wildman–Crippen MR) is 100 cm³/mol. The highest BCUT2D eigenvalue weighted by molar-refractivity contribution is 7.91. The van der Waals surface area contributed by atoms with E-state index < -0.39 is 28.3 Å². The van der Waals surface area contributed by atoms with Gasteiger partial charge in [0, 0.05) is 17.5 Å². The molecule has 1 aromatic carbocycles. The molecule has 146 valence electrons. The van der Waals surface area contributed by atoms with Crippen LogP contribution in [0.25, 0.3) is 11.0 Å². The molecular formula is C19H23NO6S. The molecule has 0 saturated carbocycles. The zero-order valence-electron chi connectivity index (χ0n) is 15.4. The molecule has 27 heavy (non-hydrogen) atoms. The highest BCUT2D eigenvalue weighted by atomic mass is 32.2. The summed E-state index contributed by atoms with van der Waals surface area (Å²) >= 11 is 0. The third kappa shape index (κ3) is 4.32. The summed E-state index contributed by atoms with van der Waals surface area (Å²) in [5, 5.41) is 0.771. The molecule has 7 nitrogen and oxygen atoms in total. The van der Waals surface area contributed by atoms with Crippen molar-refractivity contribution in [2.45, 2.75) is 38.8 Å². The van der Waals surface area contributed by atoms with Crippen molar-refractivity contribution >= 4 is 32.7 Å². The number of nitrogens with zero attached hydrogens (tertiary/aromatic N) is 1. The van der Waals surface area contributed by atoms with Crippen LogP contribution in [0.5, 0.6) is 0 Å². The second-order valence-electron chi connectivity index (χ2n) is 6.84. The number of amides is 1. The van der Waals surface area contributed by atoms with Gasteiger partial charge in [-0.3, -0.25) is 4.79 Å². The molecule has 1 amide bonds. The lowest BCUT2D eigenvalue weighted by molar-refractivity contribution is -0.138. The first-order valence-corrected chi connectivity index (χ1v) is 10.8. The second kappa shape index (κ2) is 7.72. The number of benzene rings is 1. The Morgan fingerprint density at radius 3 is 2.70 bits per heavy atom. The summed E-state index contributed by atoms with van der Waals surface area (Å²) in [6.07, 6.45) is 1.09. The Labute approximate surface area is 158 Å². The van der Waals surface area contributed by atoms with Gasteiger partial charge in [0.15, 0.2) is 16.4 Å². The van der Waals surface area contributed by atoms with E-state index in [4.69, 9.17) is 9.15 Å². The van der Waals surface area contributed by atoms with Crippen molar-refractivity contribution in [2.24, 2.45) is 0 Å². The minimum Gasteiger partial charge on any atom is -0.450 e. The topological polar surface area (TPSA) is 93.9 Å². The van der Waals surface area contributed by atoms with Crippen LogP contribution in [0.1, 0.15) is 37.2 Å². The van der Waals surface area contributed by atoms with Gasteiger partial charge in [-0.15, -0.1) is 0 Å². The van der Waals surface area contributed by atoms with Gasteiger partial charge in [0.2, 0.25) is 5.76 Å². The van der Waals surface area contributed by atoms with E-state index >= 15 is 0 Å². The lowest BCUT2D eigenvalue weighted by Crippen LogP contribution is -2.48. The molecule has 1 aliphatic heterocycles. The number of esters is 1. The summed E-state index contributed by atoms with van der Waals surface area (Å²) in [4.78, 5) is 26.4. The standard InChI is InChI=1S/C19H23NO6S/c1-3-13(2)20(15-8-9-27(23,24)12-15)18(21)11-25-19(22)17-10-14-6-4-5-7-16(14)26-17/h4-7,10,13,15H,3,8-9,11-12H2,1-2H3/t13-,15-/m1/s1. The highest BCUT2D eigenvalue weighted by Gasteiger charge is 2.36. The van der Waals surface area contributed by atoms with Crippen molar-refractivity contribution in [3.63, 3.8) is 0 Å². The van der Waals surface area contributed by atoms with Crippen molar-refractivity contribution in [2.75, 3.05) is 18.1 Å². The normalized spacial score (nSPS) is 19.7. The maximum atomic E-state index is 12.7. The van der Waals surface area contributed by atoms with Crippen LogP contribution in [0.4, 0.5) is 0 Å². The third-order valence-electron chi connectivity index (χ3n) is 4.91. The fraction of sp³-hybridized carbons (Fsp3) is 0.474. The maximum Gasteiger partial charge on any atom is 0.374 e. The van der Waals surface area contributed by atoms with Crippen LogP contribution < -0.4 is 0 Å². The number of hydrogen-bond donors (Lipinski definition) is 0. The number of hydrogen-bond acceptors (Lipinski definition) is 6. The average Bonchev–Trinajstić information content (AvgIpc) is 3.22. The largest absolute Gasteiger partial charge is 0.450 e. The number of ether oxygens (including phenoxy) is 1. The van der Waals surface area contributed by atoms with Gasteiger partial charge in [0.1, 0.15) is 5.58 Å². The Kier molecular flexibility index (Phi) is 5.55. The monoisotopic (exact) mass is 393 g/mol. The van der Waals surface area contributed by atoms with E-state index in [1.54, 1.807) is 23.1 Å². The summed E-state index contributed by atoms with van der Waals surface area (Å²) in [6, 6.07) is 8.23. The van der Waals surface area contributed by atoms with Crippen molar-refractivity contribution in [3.05, 3.63) is 36.1 Å². The fourth-order valence-corrected chi connectivity index (χ4v) is 5.07. The summed E-state index contributed by atoms with van der Waals surface area (Å²) in [7, 11) is -3.12. The zero-order chi connectivity index (χ0) is 19.6. The molecule has 0 unspecified atom stereocenters. The van der Waals surface area contributed by atoms with E-state index in [-0.39, 0.29) is 29.3 Å². The molecule has 8 heteroatoms. The number of para-hydroxylation sites is 1. The number of carbonyl (C=O) groups excluding carboxylic acids is 2. The van der Waals surface area contributed by atoms with Gasteiger partial charge >= 0.3 is 5.97 Å². The van der Waals surface area contributed by atoms with Gasteiger partial charge in [-0.05, 0) is 31.9 Å². The highest BCUT2D eigenvalue weighted by Crippen LogP contribution is 2.22. The Hall–Kier alpha value is -2.35. The van der Waals surface area contributed by atoms with Crippen molar-refractivity contribution in [3.8, 4) is 0 Å². The summed E-state index contributed by atoms with van der Waals surface area (Å²) < 4.78 is 34.1. The molecule has 0 N–H and O–H groups in total. The van der Waals surface area contributed by atoms with Gasteiger partial charge in [0.05, 0.1) is 11.5 Å². The van der Waals surface area contributed by atoms with Crippen LogP contribution in [-0.2, 0) is 19.4 Å². The first kappa shape index (κ1) is 19.4. The first-order chi connectivity index (χ1) is 12.8. The summed E-state index contributed by atoms with van der Waals surface area (Å²) in [5.41, 5.74) is 0.563. The van der Waals surface area contributed by atoms with Gasteiger partial charge in [-0.2, -0.15) is 0 Å². The number of carbonyl (C=O) groups is 2. The Morgan fingerprint density at radius 1 is 1.33 bits per heavy atom. The molecule has 0 aliphatic carbocycles. The molecule has 1 aliphatic rings. The van der Waals surface area contributed by atoms with Crippen LogP contribution >= 0.6 is 0 Å². The Bertz CT molecular complexity index is 915. The lowest BCUT2D eigenvalue weighted by atomic mass is 10.1. The summed E-state index contributed by atoms with van der Waals surface area (Å²) in [5.74, 6) is -1.04. The predicted octanol–water partition coefficient (Wildman–Crippen LogP) is 2.40. The number of sulfone groups is 1. The average molecular weight is 393 g/mol. The van der Waals surface area contributed by atoms with E-state index in [0.717, 1.165) is 5.39 Å². The van der Waals surface area contributed by atoms with Crippen LogP contribution in [0, 0.1) is 0 Å². The minimum absolute atomic E-state index is 0.0301. The first-order valence-electron chi connectivity index (χ1n) is 8.98. The number of furan rings is 1. The molecule has 1 aromatic heterocycles. The van der Waals surface area contributed by atoms with Crippen LogP contribution in [-0.4, -0.2) is 55.4 Å². The number of fused-ring (bicyclic) bond motifs is 1. The van der Waals surface area contributed by atoms with Crippen LogP contribution in [0.15, 0.2) is 34.7 Å². The third-order valence-corrected chi connectivity index (χ3v) is 6.66. The van der Waals surface area contributed by atoms with Gasteiger partial charge in [0.25, 0.3) is 5.91 Å². The van der Waals surface area contributed by atoms with E-state index in [1.165, 1.54) is 0 Å². The summed E-state index contributed by atoms with van der Waals surface area (Å²) in [6.45, 7) is 3.34. The molecule has 1 fully saturated rings. The SMILES string of the molecule is CC[C@@H](C)N(C(=O)COC(=O)c1cc2ccccc2o1)[C@@H]1CCS(=O)(=O)C1. The molecule has 0 radical (unpaired) electrons. The maximum absolute atomic E-state index is 12.7. The minimum atomic E-state index is -3.12. The number of rotatable bonds is 6. The lowest BCUT2D eigenvalue weighted by Gasteiger charge is -2.33. The molecule has 0 bridgehead atoms. The van der Waals surface area contributed by atoms with Crippen LogP contribution in [0.2, 0.25) is 0 Å². The van der Waals surface area contributed by atoms with Crippen LogP contribution in [0.3, 0.4) is 0 Å². The Morgan fingerprint density at radius 2 is 2.07 bits per heavy atom. The molecule has 2 aromatic rings. The molecule has 0 spiro atoms.